The fourth-order valence-corrected chi connectivity index (χ4v) is 12.1. The van der Waals surface area contributed by atoms with Crippen molar-refractivity contribution >= 4 is 29.1 Å². The molecule has 2 bridgehead atoms. The van der Waals surface area contributed by atoms with Crippen LogP contribution >= 0.6 is 11.6 Å². The van der Waals surface area contributed by atoms with E-state index >= 15 is 4.39 Å². The molecule has 8 unspecified atom stereocenters. The molecule has 0 aliphatic heterocycles. The monoisotopic (exact) mass is 806 g/mol. The Kier molecular flexibility index (Phi) is 9.72. The number of allylic oxidation sites excluding steroid dienone is 4. The lowest BCUT2D eigenvalue weighted by atomic mass is 9.32. The first kappa shape index (κ1) is 39.6. The van der Waals surface area contributed by atoms with Gasteiger partial charge in [-0.15, -0.1) is 13.2 Å². The summed E-state index contributed by atoms with van der Waals surface area (Å²) in [5.41, 5.74) is -2.12. The molecule has 2 amide bonds. The highest BCUT2D eigenvalue weighted by molar-refractivity contribution is 6.31. The van der Waals surface area contributed by atoms with Crippen LogP contribution < -0.4 is 10.1 Å². The molecule has 3 saturated carbocycles. The molecule has 0 heterocycles. The van der Waals surface area contributed by atoms with E-state index in [1.165, 1.54) is 41.3 Å². The van der Waals surface area contributed by atoms with Crippen LogP contribution in [-0.2, 0) is 17.8 Å². The van der Waals surface area contributed by atoms with Gasteiger partial charge in [0.2, 0.25) is 0 Å². The number of Topliss-reactive ketones (excluding diaryl/α,β-unsaturated/α-hetero) is 1. The third kappa shape index (κ3) is 6.48. The van der Waals surface area contributed by atoms with Crippen LogP contribution in [0.1, 0.15) is 69.9 Å². The van der Waals surface area contributed by atoms with Crippen molar-refractivity contribution in [3.05, 3.63) is 119 Å². The number of ketones is 1. The molecule has 6 aliphatic rings. The Bertz CT molecular complexity index is 2110. The Labute approximate surface area is 334 Å². The van der Waals surface area contributed by atoms with Gasteiger partial charge in [0.1, 0.15) is 11.6 Å². The highest BCUT2D eigenvalue weighted by atomic mass is 35.5. The molecule has 0 saturated heterocycles. The molecule has 2 spiro atoms. The minimum absolute atomic E-state index is 0.00196. The summed E-state index contributed by atoms with van der Waals surface area (Å²) < 4.78 is 58.0. The Balaban J connectivity index is 1.16. The van der Waals surface area contributed by atoms with E-state index in [4.69, 9.17) is 11.6 Å². The molecule has 3 aromatic rings. The average molecular weight is 807 g/mol. The van der Waals surface area contributed by atoms with E-state index in [1.807, 2.05) is 6.07 Å². The zero-order valence-corrected chi connectivity index (χ0v) is 32.7. The van der Waals surface area contributed by atoms with E-state index < -0.39 is 46.2 Å². The van der Waals surface area contributed by atoms with Crippen LogP contribution in [0, 0.1) is 39.3 Å². The number of anilines is 1. The second-order valence-electron chi connectivity index (χ2n) is 17.5. The van der Waals surface area contributed by atoms with E-state index in [0.717, 1.165) is 6.42 Å². The van der Waals surface area contributed by atoms with Crippen molar-refractivity contribution in [3.63, 3.8) is 0 Å². The number of hydrogen-bond acceptors (Lipinski definition) is 5. The maximum Gasteiger partial charge on any atom is 0.573 e. The molecule has 3 aromatic carbocycles. The molecule has 9 rings (SSSR count). The van der Waals surface area contributed by atoms with Crippen LogP contribution in [0.3, 0.4) is 0 Å². The first-order valence-electron chi connectivity index (χ1n) is 19.7. The van der Waals surface area contributed by atoms with Crippen molar-refractivity contribution in [1.29, 1.82) is 0 Å². The number of alkyl halides is 3. The Morgan fingerprint density at radius 2 is 1.60 bits per heavy atom. The van der Waals surface area contributed by atoms with E-state index in [-0.39, 0.29) is 58.9 Å². The van der Waals surface area contributed by atoms with Gasteiger partial charge in [-0.05, 0) is 104 Å². The van der Waals surface area contributed by atoms with Crippen molar-refractivity contribution in [2.45, 2.75) is 89.8 Å². The van der Waals surface area contributed by atoms with Crippen LogP contribution in [0.4, 0.5) is 28.0 Å². The molecule has 57 heavy (non-hydrogen) atoms. The smallest absolute Gasteiger partial charge is 0.406 e. The van der Waals surface area contributed by atoms with Gasteiger partial charge in [0.25, 0.3) is 0 Å². The lowest BCUT2D eigenvalue weighted by molar-refractivity contribution is -0.274. The quantitative estimate of drug-likeness (QED) is 0.148. The summed E-state index contributed by atoms with van der Waals surface area (Å²) in [6.45, 7) is 4.23. The fraction of sp³-hybridized carbons (Fsp3) is 0.467. The molecule has 0 radical (unpaired) electrons. The number of aliphatic hydroxyl groups excluding tert-OH is 1. The number of ether oxygens (including phenoxy) is 1. The number of fused-ring (bicyclic) bond motifs is 1. The third-order valence-corrected chi connectivity index (χ3v) is 15.1. The lowest BCUT2D eigenvalue weighted by Gasteiger charge is -2.71. The SMILES string of the molecule is CC12CCC(O)CC13C=CC1(C(C(=O)Cc4c(F)cccc4Cl)=C3)C2CCC2(C)C1CCC2(O)CN(Cc1ccc(OC(F)(F)F)cc1)C(=O)Nc1ccccc1. The van der Waals surface area contributed by atoms with Gasteiger partial charge in [-0.1, -0.05) is 80.1 Å². The number of halogens is 5. The molecule has 302 valence electrons. The summed E-state index contributed by atoms with van der Waals surface area (Å²) in [7, 11) is 0. The van der Waals surface area contributed by atoms with Gasteiger partial charge in [0, 0.05) is 51.1 Å². The van der Waals surface area contributed by atoms with Gasteiger partial charge in [-0.2, -0.15) is 0 Å². The zero-order chi connectivity index (χ0) is 40.6. The summed E-state index contributed by atoms with van der Waals surface area (Å²) in [5, 5.41) is 27.2. The first-order chi connectivity index (χ1) is 26.9. The number of nitrogens with one attached hydrogen (secondary N) is 1. The number of para-hydroxylation sites is 1. The highest BCUT2D eigenvalue weighted by Crippen LogP contribution is 2.78. The van der Waals surface area contributed by atoms with Gasteiger partial charge < -0.3 is 25.2 Å². The Morgan fingerprint density at radius 3 is 2.30 bits per heavy atom. The number of aliphatic hydroxyl groups is 2. The summed E-state index contributed by atoms with van der Waals surface area (Å²) >= 11 is 6.46. The van der Waals surface area contributed by atoms with Gasteiger partial charge in [0.15, 0.2) is 5.78 Å². The van der Waals surface area contributed by atoms with Gasteiger partial charge in [0.05, 0.1) is 18.2 Å². The molecular formula is C45H47ClF4N2O5. The van der Waals surface area contributed by atoms with Crippen LogP contribution in [0.2, 0.25) is 5.02 Å². The Hall–Kier alpha value is -4.19. The van der Waals surface area contributed by atoms with Crippen molar-refractivity contribution in [2.75, 3.05) is 11.9 Å². The van der Waals surface area contributed by atoms with Crippen LogP contribution in [0.15, 0.2) is 96.6 Å². The number of benzene rings is 3. The number of nitrogens with zero attached hydrogens (tertiary/aromatic N) is 1. The van der Waals surface area contributed by atoms with Crippen molar-refractivity contribution in [3.8, 4) is 5.75 Å². The maximum atomic E-state index is 15.2. The van der Waals surface area contributed by atoms with Crippen molar-refractivity contribution in [2.24, 2.45) is 33.5 Å². The average Bonchev–Trinajstić information content (AvgIpc) is 3.43. The van der Waals surface area contributed by atoms with Crippen molar-refractivity contribution < 1.29 is 42.1 Å². The molecular weight excluding hydrogens is 760 g/mol. The number of urea groups is 1. The number of rotatable bonds is 9. The number of hydrogen-bond donors (Lipinski definition) is 3. The molecule has 0 aromatic heterocycles. The summed E-state index contributed by atoms with van der Waals surface area (Å²) in [4.78, 5) is 30.4. The predicted octanol–water partition coefficient (Wildman–Crippen LogP) is 9.81. The van der Waals surface area contributed by atoms with E-state index in [2.05, 4.69) is 42.1 Å². The first-order valence-corrected chi connectivity index (χ1v) is 20.1. The van der Waals surface area contributed by atoms with Gasteiger partial charge in [-0.25, -0.2) is 9.18 Å². The minimum atomic E-state index is -4.85. The molecule has 8 atom stereocenters. The number of carbonyl (C=O) groups excluding carboxylic acids is 2. The summed E-state index contributed by atoms with van der Waals surface area (Å²) in [6.07, 6.45) is 4.84. The fourth-order valence-electron chi connectivity index (χ4n) is 11.9. The van der Waals surface area contributed by atoms with E-state index in [9.17, 15) is 33.0 Å². The normalized spacial score (nSPS) is 33.8. The van der Waals surface area contributed by atoms with Crippen LogP contribution in [0.5, 0.6) is 5.75 Å². The molecule has 3 fully saturated rings. The second-order valence-corrected chi connectivity index (χ2v) is 17.9. The number of amides is 2. The van der Waals surface area contributed by atoms with E-state index in [1.54, 1.807) is 30.3 Å². The van der Waals surface area contributed by atoms with Crippen LogP contribution in [-0.4, -0.2) is 51.5 Å². The molecule has 3 N–H and O–H groups in total. The molecule has 7 nitrogen and oxygen atoms in total. The Morgan fingerprint density at radius 1 is 0.912 bits per heavy atom. The number of carbonyl (C=O) groups is 2. The maximum absolute atomic E-state index is 15.2. The topological polar surface area (TPSA) is 99.1 Å². The van der Waals surface area contributed by atoms with E-state index in [0.29, 0.717) is 55.3 Å². The molecule has 12 heteroatoms. The largest absolute Gasteiger partial charge is 0.573 e. The zero-order valence-electron chi connectivity index (χ0n) is 31.9. The van der Waals surface area contributed by atoms with Gasteiger partial charge >= 0.3 is 12.4 Å². The minimum Gasteiger partial charge on any atom is -0.406 e. The molecule has 6 aliphatic carbocycles. The highest BCUT2D eigenvalue weighted by Gasteiger charge is 2.74. The predicted molar refractivity (Wildman–Crippen MR) is 208 cm³/mol. The summed E-state index contributed by atoms with van der Waals surface area (Å²) in [6, 6.07) is 18.1. The van der Waals surface area contributed by atoms with Gasteiger partial charge in [-0.3, -0.25) is 4.79 Å². The third-order valence-electron chi connectivity index (χ3n) is 14.7. The standard InChI is InChI=1S/C45H47ClF4N2O5/c1-40-18-15-30(53)24-42(40)21-22-44(33(25-42)36(54)23-32-34(46)9-6-10-35(32)47)37(40)16-19-41(2)38(44)17-20-43(41,56)27-52(39(55)51-29-7-4-3-5-8-29)26-28-11-13-31(14-12-28)57-45(48,49)50/h3-14,21-22,25,30,37-38,53,56H,15-20,23-24,26-27H2,1-2H3,(H,51,55). The van der Waals surface area contributed by atoms with Crippen LogP contribution in [0.25, 0.3) is 0 Å². The van der Waals surface area contributed by atoms with Crippen molar-refractivity contribution in [1.82, 2.24) is 4.90 Å². The second kappa shape index (κ2) is 14.0. The summed E-state index contributed by atoms with van der Waals surface area (Å²) in [5.74, 6) is -1.42. The lowest BCUT2D eigenvalue weighted by Crippen LogP contribution is -2.67.